The van der Waals surface area contributed by atoms with Gasteiger partial charge in [0.05, 0.1) is 98.5 Å². The molecule has 818 valence electrons. The van der Waals surface area contributed by atoms with Gasteiger partial charge in [-0.05, 0) is 96.0 Å². The molecule has 146 heavy (non-hydrogen) atoms. The molecule has 0 unspecified atom stereocenters. The summed E-state index contributed by atoms with van der Waals surface area (Å²) in [6.45, 7) is 9.93. The molecule has 0 spiro atoms. The number of phosphoric ester groups is 1. The van der Waals surface area contributed by atoms with E-state index in [0.29, 0.717) is 61.8 Å². The summed E-state index contributed by atoms with van der Waals surface area (Å²) in [5.41, 5.74) is 15.5. The minimum Gasteiger partial charge on any atom is -0.497 e. The number of benzene rings is 5. The average Bonchev–Trinajstić information content (AvgIpc) is 1.03. The Morgan fingerprint density at radius 3 is 1.23 bits per heavy atom. The summed E-state index contributed by atoms with van der Waals surface area (Å²) in [4.78, 5) is 80.0. The zero-order valence-corrected chi connectivity index (χ0v) is 90.9. The van der Waals surface area contributed by atoms with E-state index < -0.39 is 130 Å². The quantitative estimate of drug-likeness (QED) is 0.00719. The molecular formula is C119H185N4O22P. The van der Waals surface area contributed by atoms with Crippen molar-refractivity contribution in [1.82, 2.24) is 5.32 Å². The van der Waals surface area contributed by atoms with E-state index in [4.69, 9.17) is 75.2 Å². The van der Waals surface area contributed by atoms with E-state index in [0.717, 1.165) is 183 Å². The molecule has 3 aliphatic rings. The molecule has 5 aromatic carbocycles. The highest BCUT2D eigenvalue weighted by Crippen LogP contribution is 2.56. The van der Waals surface area contributed by atoms with Crippen molar-refractivity contribution in [2.75, 3.05) is 33.5 Å². The lowest BCUT2D eigenvalue weighted by Crippen LogP contribution is -2.67. The van der Waals surface area contributed by atoms with Gasteiger partial charge in [0, 0.05) is 17.8 Å². The summed E-state index contributed by atoms with van der Waals surface area (Å²) in [7, 11) is -3.24. The van der Waals surface area contributed by atoms with Crippen LogP contribution in [0.3, 0.4) is 0 Å². The molecule has 26 nitrogen and oxygen atoms in total. The van der Waals surface area contributed by atoms with Crippen molar-refractivity contribution in [3.8, 4) is 5.75 Å². The van der Waals surface area contributed by atoms with E-state index in [-0.39, 0.29) is 85.1 Å². The third-order valence-electron chi connectivity index (χ3n) is 28.0. The first-order chi connectivity index (χ1) is 71.6. The predicted octanol–water partition coefficient (Wildman–Crippen LogP) is 29.7. The summed E-state index contributed by atoms with van der Waals surface area (Å²) in [6.07, 6.45) is 35.4. The molecule has 0 aromatic heterocycles. The minimum atomic E-state index is -4.84. The van der Waals surface area contributed by atoms with Gasteiger partial charge in [0.15, 0.2) is 18.7 Å². The number of fused-ring (bicyclic) bond motifs is 1. The zero-order chi connectivity index (χ0) is 104. The number of azide groups is 1. The van der Waals surface area contributed by atoms with Gasteiger partial charge in [0.2, 0.25) is 5.91 Å². The van der Waals surface area contributed by atoms with E-state index in [1.807, 2.05) is 140 Å². The summed E-state index contributed by atoms with van der Waals surface area (Å²) in [5.74, 6) is -2.40. The fraction of sp³-hybridized carbons (Fsp3) is 0.706. The lowest BCUT2D eigenvalue weighted by molar-refractivity contribution is -0.309. The number of methoxy groups -OCH3 is 1. The third-order valence-corrected chi connectivity index (χ3v) is 29.4. The normalized spacial score (nSPS) is 19.3. The number of esters is 4. The van der Waals surface area contributed by atoms with Crippen LogP contribution in [-0.4, -0.2) is 143 Å². The van der Waals surface area contributed by atoms with Crippen LogP contribution in [0.5, 0.6) is 5.75 Å². The Kier molecular flexibility index (Phi) is 66.4. The van der Waals surface area contributed by atoms with Gasteiger partial charge in [-0.1, -0.05) is 443 Å². The van der Waals surface area contributed by atoms with E-state index >= 15 is 18.9 Å². The number of amides is 1. The first kappa shape index (κ1) is 124. The molecule has 0 aliphatic carbocycles. The lowest BCUT2D eigenvalue weighted by atomic mass is 9.95. The third kappa shape index (κ3) is 52.9. The fourth-order valence-corrected chi connectivity index (χ4v) is 20.7. The maximum Gasteiger partial charge on any atom is 0.475 e. The van der Waals surface area contributed by atoms with Gasteiger partial charge in [-0.25, -0.2) is 4.57 Å². The highest BCUT2D eigenvalue weighted by atomic mass is 31.2. The van der Waals surface area contributed by atoms with Crippen LogP contribution >= 0.6 is 7.82 Å². The summed E-state index contributed by atoms with van der Waals surface area (Å²) in [6, 6.07) is 40.3. The van der Waals surface area contributed by atoms with Crippen molar-refractivity contribution in [3.05, 3.63) is 183 Å². The highest BCUT2D eigenvalue weighted by Gasteiger charge is 2.56. The molecule has 1 N–H and O–H groups in total. The first-order valence-electron chi connectivity index (χ1n) is 57.1. The van der Waals surface area contributed by atoms with Crippen LogP contribution in [0.1, 0.15) is 421 Å². The maximum absolute atomic E-state index is 16.2. The van der Waals surface area contributed by atoms with Crippen molar-refractivity contribution >= 4 is 37.6 Å². The molecule has 13 atom stereocenters. The Morgan fingerprint density at radius 1 is 0.384 bits per heavy atom. The molecule has 8 rings (SSSR count). The molecule has 0 bridgehead atoms. The molecule has 3 aliphatic heterocycles. The summed E-state index contributed by atoms with van der Waals surface area (Å²) in [5, 5.41) is 7.58. The highest BCUT2D eigenvalue weighted by molar-refractivity contribution is 7.48. The largest absolute Gasteiger partial charge is 0.497 e. The second-order valence-electron chi connectivity index (χ2n) is 40.5. The van der Waals surface area contributed by atoms with E-state index in [9.17, 15) is 15.1 Å². The van der Waals surface area contributed by atoms with Crippen molar-refractivity contribution in [3.63, 3.8) is 0 Å². The van der Waals surface area contributed by atoms with Gasteiger partial charge in [-0.15, -0.1) is 0 Å². The molecule has 0 saturated carbocycles. The predicted molar refractivity (Wildman–Crippen MR) is 573 cm³/mol. The van der Waals surface area contributed by atoms with Gasteiger partial charge in [0.25, 0.3) is 0 Å². The van der Waals surface area contributed by atoms with Crippen LogP contribution < -0.4 is 10.1 Å². The summed E-state index contributed by atoms with van der Waals surface area (Å²) < 4.78 is 123. The number of nitrogens with zero attached hydrogens (tertiary/aromatic N) is 3. The topological polar surface area (TPSA) is 311 Å². The van der Waals surface area contributed by atoms with E-state index in [1.165, 1.54) is 116 Å². The molecule has 1 amide bonds. The lowest BCUT2D eigenvalue weighted by Gasteiger charge is -2.47. The molecule has 27 heteroatoms. The maximum atomic E-state index is 16.2. The number of carbonyl (C=O) groups is 5. The van der Waals surface area contributed by atoms with Gasteiger partial charge in [0.1, 0.15) is 60.6 Å². The smallest absolute Gasteiger partial charge is 0.475 e. The van der Waals surface area contributed by atoms with Crippen molar-refractivity contribution in [1.29, 1.82) is 0 Å². The number of hydrogen-bond acceptors (Lipinski definition) is 23. The Balaban J connectivity index is 1.24. The standard InChI is InChI=1S/C119H185N4O22P/c1-7-12-17-22-27-32-33-38-43-48-62-77-109(126)140-104(75-60-46-41-36-30-25-20-15-10-4)86-111(128)143-116-112(121-107(124)84-103(74-59-45-40-35-29-24-19-14-9-3)139-108(125)76-61-47-42-37-31-26-21-16-11-5)118(141-105(93-132-88-95-65-52-49-53-66-95)115(116)145-146(129)137-91-99-71-63-64-72-100(99)92-138-146)136-94-106-114(135-90-97-69-56-51-57-70-97)117(113(122-123-120)119(142-106)133-83-82-131-87-98-78-80-101(130-6)81-79-98)144-110(127)85-102(134-89-96-67-54-50-55-68-96)73-58-44-39-34-28-23-18-13-8-2/h49-57,63-72,78-81,102-106,112-119H,7-48,58-62,73-77,82-94H2,1-6H3,(H,121,124)/t102-,103-,104-,105-,106-,112-,113-,114-,115-,116-,117-,118-,119+/m1/s1. The van der Waals surface area contributed by atoms with Crippen molar-refractivity contribution in [2.45, 2.75) is 507 Å². The second-order valence-corrected chi connectivity index (χ2v) is 42.1. The van der Waals surface area contributed by atoms with Gasteiger partial charge < -0.3 is 66.9 Å². The van der Waals surface area contributed by atoms with Gasteiger partial charge in [-0.2, -0.15) is 0 Å². The van der Waals surface area contributed by atoms with E-state index in [2.05, 4.69) is 50.0 Å². The fourth-order valence-electron chi connectivity index (χ4n) is 19.3. The molecule has 2 fully saturated rings. The summed E-state index contributed by atoms with van der Waals surface area (Å²) >= 11 is 0. The number of ether oxygens (including phenoxy) is 13. The van der Waals surface area contributed by atoms with Gasteiger partial charge >= 0.3 is 31.7 Å². The van der Waals surface area contributed by atoms with Crippen LogP contribution in [0.4, 0.5) is 0 Å². The number of hydrogen-bond donors (Lipinski definition) is 1. The molecule has 5 aromatic rings. The number of rotatable bonds is 86. The van der Waals surface area contributed by atoms with Crippen molar-refractivity contribution < 1.29 is 104 Å². The molecule has 0 radical (unpaired) electrons. The average molecular weight is 2050 g/mol. The molecular weight excluding hydrogens is 1870 g/mol. The number of nitrogens with one attached hydrogen (secondary N) is 1. The van der Waals surface area contributed by atoms with Crippen LogP contribution in [0.15, 0.2) is 145 Å². The first-order valence-corrected chi connectivity index (χ1v) is 58.5. The van der Waals surface area contributed by atoms with E-state index in [1.54, 1.807) is 7.11 Å². The monoisotopic (exact) mass is 2050 g/mol. The Hall–Kier alpha value is -7.65. The van der Waals surface area contributed by atoms with Crippen LogP contribution in [0.2, 0.25) is 0 Å². The minimum absolute atomic E-state index is 0.0124. The van der Waals surface area contributed by atoms with Gasteiger partial charge in [-0.3, -0.25) is 37.5 Å². The van der Waals surface area contributed by atoms with Crippen LogP contribution in [0.25, 0.3) is 10.4 Å². The molecule has 2 saturated heterocycles. The van der Waals surface area contributed by atoms with Crippen molar-refractivity contribution in [2.24, 2.45) is 5.11 Å². The SMILES string of the molecule is CCCCCCCCCCCCCC(=O)O[C@H](CCCCCCCCCCC)CC(=O)O[C@@H]1[C@@H](NC(=O)C[C@@H](CCCCCCCCCCC)OC(=O)CCCCCCCCCCC)[C@H](OC[C@H]2O[C@H](OCCOCc3ccc(OC)cc3)[C@H](N=[N+]=[N-])[C@@H](OC(=O)C[C@@H](CCCCCCCCCCC)OCc3ccccc3)[C@@H]2OCc2ccccc2)O[C@H](COCc2ccccc2)[C@H]1OP1(=O)OCc2ccccc2CO1. The number of carbonyl (C=O) groups excluding carboxylic acids is 5. The number of unbranched alkanes of at least 4 members (excludes halogenated alkanes) is 42. The Labute approximate surface area is 876 Å². The van der Waals surface area contributed by atoms with Crippen LogP contribution in [0, 0.1) is 0 Å². The Bertz CT molecular complexity index is 4260. The number of phosphoric acid groups is 1. The van der Waals surface area contributed by atoms with Crippen LogP contribution in [-0.2, 0) is 139 Å². The Morgan fingerprint density at radius 2 is 0.767 bits per heavy atom. The molecule has 3 heterocycles. The zero-order valence-electron chi connectivity index (χ0n) is 90.0. The second kappa shape index (κ2) is 78.5.